The quantitative estimate of drug-likeness (QED) is 0.686. The Labute approximate surface area is 58.5 Å². The zero-order valence-corrected chi connectivity index (χ0v) is 6.77. The third-order valence-electron chi connectivity index (χ3n) is 0.802. The van der Waals surface area contributed by atoms with Gasteiger partial charge in [-0.05, 0) is 17.3 Å². The molecule has 0 saturated heterocycles. The number of allylic oxidation sites excluding steroid dienone is 1. The molecule has 0 bridgehead atoms. The van der Waals surface area contributed by atoms with Gasteiger partial charge in [0.1, 0.15) is 0 Å². The van der Waals surface area contributed by atoms with Crippen LogP contribution in [0.5, 0.6) is 0 Å². The molecule has 0 radical (unpaired) electrons. The minimum absolute atomic E-state index is 0.225. The molecule has 0 amide bonds. The Morgan fingerprint density at radius 3 is 2.50 bits per heavy atom. The zero-order chi connectivity index (χ0) is 6.57. The topological polar surface area (TPSA) is 20.2 Å². The van der Waals surface area contributed by atoms with Gasteiger partial charge in [0.2, 0.25) is 0 Å². The first-order valence-corrected chi connectivity index (χ1v) is 3.41. The Hall–Kier alpha value is 0.180. The van der Waals surface area contributed by atoms with Crippen LogP contribution in [0, 0.1) is 5.92 Å². The van der Waals surface area contributed by atoms with Crippen molar-refractivity contribution in [1.82, 2.24) is 0 Å². The summed E-state index contributed by atoms with van der Waals surface area (Å²) >= 11 is 3.27. The maximum atomic E-state index is 8.52. The van der Waals surface area contributed by atoms with E-state index in [1.807, 2.05) is 19.9 Å². The van der Waals surface area contributed by atoms with Gasteiger partial charge in [-0.25, -0.2) is 0 Å². The third-order valence-corrected chi connectivity index (χ3v) is 1.07. The molecule has 0 heterocycles. The average Bonchev–Trinajstić information content (AvgIpc) is 1.65. The summed E-state index contributed by atoms with van der Waals surface area (Å²) in [5, 5.41) is 8.52. The van der Waals surface area contributed by atoms with E-state index in [2.05, 4.69) is 15.9 Å². The van der Waals surface area contributed by atoms with E-state index < -0.39 is 0 Å². The van der Waals surface area contributed by atoms with Crippen LogP contribution in [0.4, 0.5) is 0 Å². The highest BCUT2D eigenvalue weighted by molar-refractivity contribution is 9.11. The van der Waals surface area contributed by atoms with Gasteiger partial charge < -0.3 is 5.11 Å². The van der Waals surface area contributed by atoms with Crippen LogP contribution in [0.1, 0.15) is 13.8 Å². The highest BCUT2D eigenvalue weighted by Gasteiger charge is 1.91. The van der Waals surface area contributed by atoms with Crippen molar-refractivity contribution in [3.63, 3.8) is 0 Å². The van der Waals surface area contributed by atoms with Crippen molar-refractivity contribution >= 4 is 15.9 Å². The molecule has 1 atom stereocenters. The van der Waals surface area contributed by atoms with Crippen LogP contribution in [-0.4, -0.2) is 11.7 Å². The van der Waals surface area contributed by atoms with Crippen LogP contribution in [0.25, 0.3) is 0 Å². The van der Waals surface area contributed by atoms with Gasteiger partial charge in [-0.15, -0.1) is 0 Å². The van der Waals surface area contributed by atoms with Gasteiger partial charge in [0.15, 0.2) is 0 Å². The number of hydrogen-bond donors (Lipinski definition) is 1. The molecule has 0 rings (SSSR count). The lowest BCUT2D eigenvalue weighted by atomic mass is 10.2. The monoisotopic (exact) mass is 178 g/mol. The van der Waals surface area contributed by atoms with Crippen molar-refractivity contribution < 1.29 is 5.11 Å². The van der Waals surface area contributed by atoms with E-state index >= 15 is 0 Å². The van der Waals surface area contributed by atoms with Gasteiger partial charge in [0.05, 0.1) is 0 Å². The van der Waals surface area contributed by atoms with Crippen LogP contribution in [0.3, 0.4) is 0 Å². The normalized spacial score (nSPS) is 16.2. The molecule has 8 heavy (non-hydrogen) atoms. The lowest BCUT2D eigenvalue weighted by Crippen LogP contribution is -1.94. The molecule has 0 aromatic carbocycles. The van der Waals surface area contributed by atoms with Gasteiger partial charge in [0, 0.05) is 6.61 Å². The van der Waals surface area contributed by atoms with E-state index in [9.17, 15) is 0 Å². The fourth-order valence-electron chi connectivity index (χ4n) is 0.445. The Bertz CT molecular complexity index is 84.5. The highest BCUT2D eigenvalue weighted by atomic mass is 79.9. The van der Waals surface area contributed by atoms with E-state index in [0.29, 0.717) is 0 Å². The molecular weight excluding hydrogens is 168 g/mol. The molecule has 0 spiro atoms. The SMILES string of the molecule is C/C(Br)=C\[C@H](C)CO. The summed E-state index contributed by atoms with van der Waals surface area (Å²) in [6, 6.07) is 0. The fourth-order valence-corrected chi connectivity index (χ4v) is 0.896. The van der Waals surface area contributed by atoms with Gasteiger partial charge in [-0.3, -0.25) is 0 Å². The number of aliphatic hydroxyl groups is 1. The van der Waals surface area contributed by atoms with E-state index in [-0.39, 0.29) is 12.5 Å². The number of hydrogen-bond acceptors (Lipinski definition) is 1. The van der Waals surface area contributed by atoms with Crippen molar-refractivity contribution in [2.24, 2.45) is 5.92 Å². The highest BCUT2D eigenvalue weighted by Crippen LogP contribution is 2.06. The van der Waals surface area contributed by atoms with E-state index in [1.54, 1.807) is 0 Å². The molecule has 0 aromatic rings. The van der Waals surface area contributed by atoms with Crippen LogP contribution in [0.2, 0.25) is 0 Å². The maximum Gasteiger partial charge on any atom is 0.0491 e. The summed E-state index contributed by atoms with van der Waals surface area (Å²) < 4.78 is 1.08. The molecule has 0 saturated carbocycles. The van der Waals surface area contributed by atoms with Crippen molar-refractivity contribution in [3.8, 4) is 0 Å². The van der Waals surface area contributed by atoms with Gasteiger partial charge in [-0.1, -0.05) is 28.9 Å². The van der Waals surface area contributed by atoms with Crippen LogP contribution < -0.4 is 0 Å². The molecule has 0 aliphatic rings. The summed E-state index contributed by atoms with van der Waals surface area (Å²) in [4.78, 5) is 0. The lowest BCUT2D eigenvalue weighted by Gasteiger charge is -1.97. The molecule has 1 N–H and O–H groups in total. The molecular formula is C6H11BrO. The van der Waals surface area contributed by atoms with Crippen LogP contribution >= 0.6 is 15.9 Å². The summed E-state index contributed by atoms with van der Waals surface area (Å²) in [7, 11) is 0. The first-order valence-electron chi connectivity index (χ1n) is 2.61. The van der Waals surface area contributed by atoms with E-state index in [4.69, 9.17) is 5.11 Å². The number of aliphatic hydroxyl groups excluding tert-OH is 1. The summed E-state index contributed by atoms with van der Waals surface area (Å²) in [6.45, 7) is 4.14. The van der Waals surface area contributed by atoms with Crippen molar-refractivity contribution in [2.45, 2.75) is 13.8 Å². The molecule has 48 valence electrons. The molecule has 0 fully saturated rings. The average molecular weight is 179 g/mol. The van der Waals surface area contributed by atoms with Crippen LogP contribution in [-0.2, 0) is 0 Å². The maximum absolute atomic E-state index is 8.52. The van der Waals surface area contributed by atoms with E-state index in [0.717, 1.165) is 4.48 Å². The molecule has 0 aliphatic carbocycles. The smallest absolute Gasteiger partial charge is 0.0491 e. The second-order valence-corrected chi connectivity index (χ2v) is 3.16. The number of rotatable bonds is 2. The summed E-state index contributed by atoms with van der Waals surface area (Å²) in [5.41, 5.74) is 0. The molecule has 0 unspecified atom stereocenters. The van der Waals surface area contributed by atoms with Crippen LogP contribution in [0.15, 0.2) is 10.6 Å². The summed E-state index contributed by atoms with van der Waals surface area (Å²) in [6.07, 6.45) is 1.97. The largest absolute Gasteiger partial charge is 0.396 e. The lowest BCUT2D eigenvalue weighted by molar-refractivity contribution is 0.262. The Morgan fingerprint density at radius 1 is 1.88 bits per heavy atom. The molecule has 2 heteroatoms. The second-order valence-electron chi connectivity index (χ2n) is 1.91. The Kier molecular flexibility index (Phi) is 4.19. The van der Waals surface area contributed by atoms with Gasteiger partial charge in [0.25, 0.3) is 0 Å². The van der Waals surface area contributed by atoms with Gasteiger partial charge >= 0.3 is 0 Å². The van der Waals surface area contributed by atoms with Gasteiger partial charge in [-0.2, -0.15) is 0 Å². The predicted octanol–water partition coefficient (Wildman–Crippen LogP) is 1.91. The standard InChI is InChI=1S/C6H11BrO/c1-5(4-8)3-6(2)7/h3,5,8H,4H2,1-2H3/b6-3+/t5-/m0/s1. The first-order chi connectivity index (χ1) is 3.66. The molecule has 1 nitrogen and oxygen atoms in total. The minimum Gasteiger partial charge on any atom is -0.396 e. The Balaban J connectivity index is 3.51. The minimum atomic E-state index is 0.225. The molecule has 0 aromatic heterocycles. The number of halogens is 1. The first kappa shape index (κ1) is 8.18. The predicted molar refractivity (Wildman–Crippen MR) is 38.9 cm³/mol. The summed E-state index contributed by atoms with van der Waals surface area (Å²) in [5.74, 6) is 0.273. The molecule has 0 aliphatic heterocycles. The van der Waals surface area contributed by atoms with E-state index in [1.165, 1.54) is 0 Å². The van der Waals surface area contributed by atoms with Crippen molar-refractivity contribution in [2.75, 3.05) is 6.61 Å². The second kappa shape index (κ2) is 4.10. The van der Waals surface area contributed by atoms with Crippen molar-refractivity contribution in [3.05, 3.63) is 10.6 Å². The Morgan fingerprint density at radius 2 is 2.38 bits per heavy atom. The zero-order valence-electron chi connectivity index (χ0n) is 5.19. The van der Waals surface area contributed by atoms with Crippen molar-refractivity contribution in [1.29, 1.82) is 0 Å². The fraction of sp³-hybridized carbons (Fsp3) is 0.667. The third kappa shape index (κ3) is 4.34.